The van der Waals surface area contributed by atoms with Gasteiger partial charge in [0.05, 0.1) is 12.2 Å². The molecule has 0 radical (unpaired) electrons. The van der Waals surface area contributed by atoms with Crippen molar-refractivity contribution in [1.29, 1.82) is 0 Å². The molecule has 0 spiro atoms. The van der Waals surface area contributed by atoms with Gasteiger partial charge in [-0.3, -0.25) is 0 Å². The summed E-state index contributed by atoms with van der Waals surface area (Å²) in [7, 11) is 0. The number of carboxylic acid groups (broad SMARTS) is 1. The maximum Gasteiger partial charge on any atom is 0.335 e. The Morgan fingerprint density at radius 3 is 2.52 bits per heavy atom. The zero-order chi connectivity index (χ0) is 17.6. The van der Waals surface area contributed by atoms with Crippen molar-refractivity contribution < 1.29 is 24.2 Å². The van der Waals surface area contributed by atoms with Gasteiger partial charge in [0, 0.05) is 10.6 Å². The van der Waals surface area contributed by atoms with Crippen LogP contribution in [0.25, 0.3) is 10.4 Å². The average molecular weight is 321 g/mol. The van der Waals surface area contributed by atoms with E-state index in [0.717, 1.165) is 0 Å². The van der Waals surface area contributed by atoms with E-state index < -0.39 is 17.5 Å². The number of nitrogens with zero attached hydrogens (tertiary/aromatic N) is 3. The van der Waals surface area contributed by atoms with Crippen LogP contribution >= 0.6 is 0 Å². The number of rotatable bonds is 6. The summed E-state index contributed by atoms with van der Waals surface area (Å²) in [5.41, 5.74) is 9.08. The molecule has 0 atom stereocenters. The molecule has 0 aliphatic rings. The highest BCUT2D eigenvalue weighted by Crippen LogP contribution is 2.24. The van der Waals surface area contributed by atoms with Crippen LogP contribution in [0.2, 0.25) is 0 Å². The zero-order valence-electron chi connectivity index (χ0n) is 13.5. The second kappa shape index (κ2) is 7.62. The van der Waals surface area contributed by atoms with Crippen molar-refractivity contribution >= 4 is 17.6 Å². The van der Waals surface area contributed by atoms with Gasteiger partial charge < -0.3 is 14.6 Å². The topological polar surface area (TPSA) is 122 Å². The molecule has 124 valence electrons. The third-order valence-electron chi connectivity index (χ3n) is 2.79. The molecule has 0 aliphatic carbocycles. The van der Waals surface area contributed by atoms with E-state index >= 15 is 0 Å². The maximum absolute atomic E-state index is 11.6. The lowest BCUT2D eigenvalue weighted by Gasteiger charge is -2.19. The molecule has 0 fully saturated rings. The van der Waals surface area contributed by atoms with E-state index in [-0.39, 0.29) is 24.5 Å². The molecule has 1 aromatic rings. The lowest BCUT2D eigenvalue weighted by Crippen LogP contribution is -2.26. The molecule has 0 heterocycles. The van der Waals surface area contributed by atoms with Crippen LogP contribution in [0.5, 0.6) is 0 Å². The Hall–Kier alpha value is -2.57. The average Bonchev–Trinajstić information content (AvgIpc) is 2.39. The number of hydrogen-bond donors (Lipinski definition) is 1. The molecule has 1 rings (SSSR count). The van der Waals surface area contributed by atoms with Gasteiger partial charge in [-0.15, -0.1) is 0 Å². The molecule has 1 aromatic carbocycles. The molecule has 8 nitrogen and oxygen atoms in total. The Balaban J connectivity index is 2.85. The summed E-state index contributed by atoms with van der Waals surface area (Å²) in [5.74, 6) is -1.65. The van der Waals surface area contributed by atoms with Gasteiger partial charge in [0.2, 0.25) is 0 Å². The highest BCUT2D eigenvalue weighted by molar-refractivity contribution is 5.90. The number of hydrogen-bond acceptors (Lipinski definition) is 5. The van der Waals surface area contributed by atoms with Crippen LogP contribution in [0.3, 0.4) is 0 Å². The van der Waals surface area contributed by atoms with Crippen molar-refractivity contribution in [1.82, 2.24) is 0 Å². The Morgan fingerprint density at radius 1 is 1.35 bits per heavy atom. The summed E-state index contributed by atoms with van der Waals surface area (Å²) >= 11 is 0. The van der Waals surface area contributed by atoms with Gasteiger partial charge >= 0.3 is 11.9 Å². The van der Waals surface area contributed by atoms with E-state index in [1.54, 1.807) is 27.7 Å². The van der Waals surface area contributed by atoms with Gasteiger partial charge in [-0.1, -0.05) is 5.11 Å². The monoisotopic (exact) mass is 321 g/mol. The van der Waals surface area contributed by atoms with E-state index in [9.17, 15) is 14.7 Å². The predicted octanol–water partition coefficient (Wildman–Crippen LogP) is 3.49. The van der Waals surface area contributed by atoms with Crippen molar-refractivity contribution in [2.45, 2.75) is 39.9 Å². The molecule has 0 aromatic heterocycles. The lowest BCUT2D eigenvalue weighted by molar-refractivity contribution is -0.160. The standard InChI is InChI=1S/C15H19N3O5/c1-9-10(7-22-8-13(19)23-15(2,3)4)5-11(17-18-16)6-12(9)14(20)21/h5-6H,7-8H2,1-4H3,(H,20,21). The second-order valence-corrected chi connectivity index (χ2v) is 5.85. The van der Waals surface area contributed by atoms with Gasteiger partial charge in [0.25, 0.3) is 0 Å². The van der Waals surface area contributed by atoms with Crippen molar-refractivity contribution in [3.8, 4) is 0 Å². The number of carbonyl (C=O) groups excluding carboxylic acids is 1. The normalized spacial score (nSPS) is 10.8. The predicted molar refractivity (Wildman–Crippen MR) is 82.4 cm³/mol. The van der Waals surface area contributed by atoms with Gasteiger partial charge in [-0.25, -0.2) is 9.59 Å². The molecular weight excluding hydrogens is 302 g/mol. The number of ether oxygens (including phenoxy) is 2. The Bertz CT molecular complexity index is 658. The first-order chi connectivity index (χ1) is 10.6. The van der Waals surface area contributed by atoms with E-state index in [2.05, 4.69) is 10.0 Å². The van der Waals surface area contributed by atoms with Crippen LogP contribution in [0, 0.1) is 6.92 Å². The molecule has 0 amide bonds. The minimum Gasteiger partial charge on any atom is -0.478 e. The van der Waals surface area contributed by atoms with Gasteiger partial charge in [0.1, 0.15) is 12.2 Å². The third kappa shape index (κ3) is 5.98. The Kier molecular flexibility index (Phi) is 6.12. The van der Waals surface area contributed by atoms with Crippen LogP contribution in [0.4, 0.5) is 5.69 Å². The minimum absolute atomic E-state index is 0.000144. The number of esters is 1. The first-order valence-corrected chi connectivity index (χ1v) is 6.85. The number of aromatic carboxylic acids is 1. The molecule has 0 saturated heterocycles. The molecule has 0 bridgehead atoms. The third-order valence-corrected chi connectivity index (χ3v) is 2.79. The Labute approximate surface area is 133 Å². The van der Waals surface area contributed by atoms with Crippen molar-refractivity contribution in [2.75, 3.05) is 6.61 Å². The first kappa shape index (κ1) is 18.5. The summed E-state index contributed by atoms with van der Waals surface area (Å²) in [4.78, 5) is 25.4. The quantitative estimate of drug-likeness (QED) is 0.372. The first-order valence-electron chi connectivity index (χ1n) is 6.85. The molecule has 0 aliphatic heterocycles. The summed E-state index contributed by atoms with van der Waals surface area (Å²) < 4.78 is 10.4. The lowest BCUT2D eigenvalue weighted by atomic mass is 10.0. The van der Waals surface area contributed by atoms with Crippen LogP contribution in [-0.4, -0.2) is 29.3 Å². The van der Waals surface area contributed by atoms with E-state index in [0.29, 0.717) is 11.1 Å². The summed E-state index contributed by atoms with van der Waals surface area (Å²) in [6.07, 6.45) is 0. The van der Waals surface area contributed by atoms with E-state index in [4.69, 9.17) is 15.0 Å². The fraction of sp³-hybridized carbons (Fsp3) is 0.467. The van der Waals surface area contributed by atoms with Crippen LogP contribution in [-0.2, 0) is 20.9 Å². The molecule has 23 heavy (non-hydrogen) atoms. The summed E-state index contributed by atoms with van der Waals surface area (Å²) in [6.45, 7) is 6.60. The smallest absolute Gasteiger partial charge is 0.335 e. The molecule has 1 N–H and O–H groups in total. The molecule has 8 heteroatoms. The highest BCUT2D eigenvalue weighted by Gasteiger charge is 2.17. The van der Waals surface area contributed by atoms with Crippen molar-refractivity contribution in [3.05, 3.63) is 39.3 Å². The van der Waals surface area contributed by atoms with Gasteiger partial charge in [-0.05, 0) is 56.5 Å². The summed E-state index contributed by atoms with van der Waals surface area (Å²) in [5, 5.41) is 12.6. The van der Waals surface area contributed by atoms with Gasteiger partial charge in [-0.2, -0.15) is 0 Å². The van der Waals surface area contributed by atoms with E-state index in [1.165, 1.54) is 12.1 Å². The fourth-order valence-electron chi connectivity index (χ4n) is 1.85. The molecule has 0 unspecified atom stereocenters. The van der Waals surface area contributed by atoms with Crippen molar-refractivity contribution in [2.24, 2.45) is 5.11 Å². The zero-order valence-corrected chi connectivity index (χ0v) is 13.5. The van der Waals surface area contributed by atoms with Crippen molar-refractivity contribution in [3.63, 3.8) is 0 Å². The van der Waals surface area contributed by atoms with E-state index in [1.807, 2.05) is 0 Å². The minimum atomic E-state index is -1.13. The summed E-state index contributed by atoms with van der Waals surface area (Å²) in [6, 6.07) is 2.81. The Morgan fingerprint density at radius 2 is 2.00 bits per heavy atom. The van der Waals surface area contributed by atoms with Crippen LogP contribution in [0.15, 0.2) is 17.2 Å². The SMILES string of the molecule is Cc1c(COCC(=O)OC(C)(C)C)cc(N=[N+]=[N-])cc1C(=O)O. The number of carbonyl (C=O) groups is 2. The fourth-order valence-corrected chi connectivity index (χ4v) is 1.85. The molecule has 0 saturated carbocycles. The second-order valence-electron chi connectivity index (χ2n) is 5.85. The largest absolute Gasteiger partial charge is 0.478 e. The number of carboxylic acids is 1. The molecular formula is C15H19N3O5. The van der Waals surface area contributed by atoms with Gasteiger partial charge in [0.15, 0.2) is 0 Å². The highest BCUT2D eigenvalue weighted by atomic mass is 16.6. The maximum atomic E-state index is 11.6. The number of azide groups is 1. The van der Waals surface area contributed by atoms with Crippen LogP contribution in [0.1, 0.15) is 42.3 Å². The van der Waals surface area contributed by atoms with Crippen LogP contribution < -0.4 is 0 Å². The number of benzene rings is 1.